The van der Waals surface area contributed by atoms with Gasteiger partial charge in [-0.25, -0.2) is 4.39 Å². The topological polar surface area (TPSA) is 26.3 Å². The highest BCUT2D eigenvalue weighted by atomic mass is 79.9. The summed E-state index contributed by atoms with van der Waals surface area (Å²) < 4.78 is 19.0. The molecule has 0 aliphatic rings. The van der Waals surface area contributed by atoms with Crippen LogP contribution in [0.15, 0.2) is 40.9 Å². The zero-order valence-electron chi connectivity index (χ0n) is 10.5. The average Bonchev–Trinajstić information content (AvgIpc) is 2.41. The number of carbonyl (C=O) groups is 1. The molecule has 2 rings (SSSR count). The number of hydrogen-bond acceptors (Lipinski definition) is 2. The van der Waals surface area contributed by atoms with E-state index in [0.717, 1.165) is 0 Å². The minimum atomic E-state index is -0.313. The standard InChI is InChI=1S/C15H12BrFO2/c1-9-7-10(3-5-13(9)17)15(18)11-4-6-14(19-2)12(16)8-11/h3-8H,1-2H3. The summed E-state index contributed by atoms with van der Waals surface area (Å²) >= 11 is 3.34. The SMILES string of the molecule is COc1ccc(C(=O)c2ccc(F)c(C)c2)cc1Br. The molecule has 0 heterocycles. The number of carbonyl (C=O) groups excluding carboxylic acids is 1. The normalized spacial score (nSPS) is 10.3. The van der Waals surface area contributed by atoms with E-state index in [9.17, 15) is 9.18 Å². The highest BCUT2D eigenvalue weighted by Crippen LogP contribution is 2.26. The minimum absolute atomic E-state index is 0.147. The molecule has 0 aliphatic heterocycles. The molecule has 0 unspecified atom stereocenters. The molecule has 0 aromatic heterocycles. The molecule has 0 bridgehead atoms. The number of halogens is 2. The van der Waals surface area contributed by atoms with Crippen LogP contribution in [0.1, 0.15) is 21.5 Å². The molecule has 19 heavy (non-hydrogen) atoms. The number of rotatable bonds is 3. The number of hydrogen-bond donors (Lipinski definition) is 0. The molecule has 0 aliphatic carbocycles. The van der Waals surface area contributed by atoms with Gasteiger partial charge in [-0.3, -0.25) is 4.79 Å². The van der Waals surface area contributed by atoms with Gasteiger partial charge in [0.25, 0.3) is 0 Å². The number of ether oxygens (including phenoxy) is 1. The molecular weight excluding hydrogens is 311 g/mol. The third-order valence-corrected chi connectivity index (χ3v) is 3.45. The summed E-state index contributed by atoms with van der Waals surface area (Å²) in [5.74, 6) is 0.200. The van der Waals surface area contributed by atoms with Gasteiger partial charge in [-0.05, 0) is 64.8 Å². The van der Waals surface area contributed by atoms with Crippen LogP contribution in [-0.2, 0) is 0 Å². The van der Waals surface area contributed by atoms with Crippen LogP contribution in [-0.4, -0.2) is 12.9 Å². The summed E-state index contributed by atoms with van der Waals surface area (Å²) in [6.45, 7) is 1.63. The van der Waals surface area contributed by atoms with Crippen LogP contribution in [0.5, 0.6) is 5.75 Å². The van der Waals surface area contributed by atoms with Crippen LogP contribution in [0.4, 0.5) is 4.39 Å². The summed E-state index contributed by atoms with van der Waals surface area (Å²) in [7, 11) is 1.56. The molecule has 0 N–H and O–H groups in total. The van der Waals surface area contributed by atoms with Crippen LogP contribution >= 0.6 is 15.9 Å². The zero-order valence-corrected chi connectivity index (χ0v) is 12.1. The molecule has 0 fully saturated rings. The van der Waals surface area contributed by atoms with Crippen molar-refractivity contribution in [1.29, 1.82) is 0 Å². The van der Waals surface area contributed by atoms with Gasteiger partial charge in [-0.2, -0.15) is 0 Å². The molecule has 0 saturated carbocycles. The minimum Gasteiger partial charge on any atom is -0.496 e. The first-order valence-electron chi connectivity index (χ1n) is 5.67. The third-order valence-electron chi connectivity index (χ3n) is 2.83. The fourth-order valence-electron chi connectivity index (χ4n) is 1.76. The van der Waals surface area contributed by atoms with E-state index >= 15 is 0 Å². The lowest BCUT2D eigenvalue weighted by molar-refractivity contribution is 0.103. The Morgan fingerprint density at radius 2 is 1.79 bits per heavy atom. The maximum atomic E-state index is 13.2. The molecule has 0 atom stereocenters. The first-order valence-corrected chi connectivity index (χ1v) is 6.46. The second kappa shape index (κ2) is 5.53. The summed E-state index contributed by atoms with van der Waals surface area (Å²) in [6, 6.07) is 9.44. The lowest BCUT2D eigenvalue weighted by atomic mass is 10.0. The monoisotopic (exact) mass is 322 g/mol. The lowest BCUT2D eigenvalue weighted by Gasteiger charge is -2.06. The van der Waals surface area contributed by atoms with Crippen molar-refractivity contribution in [2.24, 2.45) is 0 Å². The van der Waals surface area contributed by atoms with Gasteiger partial charge in [-0.1, -0.05) is 0 Å². The second-order valence-corrected chi connectivity index (χ2v) is 5.00. The molecular formula is C15H12BrFO2. The first kappa shape index (κ1) is 13.7. The van der Waals surface area contributed by atoms with E-state index in [0.29, 0.717) is 26.9 Å². The van der Waals surface area contributed by atoms with E-state index in [1.54, 1.807) is 38.3 Å². The van der Waals surface area contributed by atoms with Crippen molar-refractivity contribution < 1.29 is 13.9 Å². The number of aryl methyl sites for hydroxylation is 1. The predicted molar refractivity (Wildman–Crippen MR) is 75.3 cm³/mol. The van der Waals surface area contributed by atoms with Crippen LogP contribution in [0.25, 0.3) is 0 Å². The van der Waals surface area contributed by atoms with Crippen molar-refractivity contribution in [2.75, 3.05) is 7.11 Å². The lowest BCUT2D eigenvalue weighted by Crippen LogP contribution is -2.02. The van der Waals surface area contributed by atoms with Gasteiger partial charge in [0.2, 0.25) is 0 Å². The highest BCUT2D eigenvalue weighted by molar-refractivity contribution is 9.10. The third kappa shape index (κ3) is 2.84. The number of methoxy groups -OCH3 is 1. The molecule has 0 amide bonds. The van der Waals surface area contributed by atoms with Crippen LogP contribution < -0.4 is 4.74 Å². The zero-order chi connectivity index (χ0) is 14.0. The van der Waals surface area contributed by atoms with E-state index in [1.807, 2.05) is 0 Å². The smallest absolute Gasteiger partial charge is 0.193 e. The van der Waals surface area contributed by atoms with Crippen molar-refractivity contribution in [3.63, 3.8) is 0 Å². The van der Waals surface area contributed by atoms with Crippen molar-refractivity contribution in [1.82, 2.24) is 0 Å². The predicted octanol–water partition coefficient (Wildman–Crippen LogP) is 4.14. The molecule has 2 aromatic rings. The second-order valence-electron chi connectivity index (χ2n) is 4.14. The molecule has 0 spiro atoms. The van der Waals surface area contributed by atoms with E-state index < -0.39 is 0 Å². The Labute approximate surface area is 119 Å². The largest absolute Gasteiger partial charge is 0.496 e. The van der Waals surface area contributed by atoms with E-state index in [2.05, 4.69) is 15.9 Å². The Morgan fingerprint density at radius 1 is 1.16 bits per heavy atom. The summed E-state index contributed by atoms with van der Waals surface area (Å²) in [5, 5.41) is 0. The highest BCUT2D eigenvalue weighted by Gasteiger charge is 2.12. The Morgan fingerprint density at radius 3 is 2.37 bits per heavy atom. The molecule has 2 aromatic carbocycles. The quantitative estimate of drug-likeness (QED) is 0.794. The van der Waals surface area contributed by atoms with Gasteiger partial charge in [0, 0.05) is 11.1 Å². The van der Waals surface area contributed by atoms with E-state index in [1.165, 1.54) is 12.1 Å². The van der Waals surface area contributed by atoms with Crippen molar-refractivity contribution in [2.45, 2.75) is 6.92 Å². The molecule has 0 saturated heterocycles. The van der Waals surface area contributed by atoms with Crippen LogP contribution in [0, 0.1) is 12.7 Å². The number of benzene rings is 2. The van der Waals surface area contributed by atoms with E-state index in [4.69, 9.17) is 4.74 Å². The van der Waals surface area contributed by atoms with Gasteiger partial charge in [0.1, 0.15) is 11.6 Å². The van der Waals surface area contributed by atoms with Crippen LogP contribution in [0.3, 0.4) is 0 Å². The van der Waals surface area contributed by atoms with Gasteiger partial charge >= 0.3 is 0 Å². The Bertz CT molecular complexity index is 638. The summed E-state index contributed by atoms with van der Waals surface area (Å²) in [4.78, 5) is 12.3. The average molecular weight is 323 g/mol. The van der Waals surface area contributed by atoms with Gasteiger partial charge in [-0.15, -0.1) is 0 Å². The molecule has 98 valence electrons. The van der Waals surface area contributed by atoms with Crippen molar-refractivity contribution in [3.05, 3.63) is 63.4 Å². The Kier molecular flexibility index (Phi) is 4.00. The van der Waals surface area contributed by atoms with Crippen molar-refractivity contribution in [3.8, 4) is 5.75 Å². The Balaban J connectivity index is 2.38. The van der Waals surface area contributed by atoms with Gasteiger partial charge in [0.15, 0.2) is 5.78 Å². The molecule has 4 heteroatoms. The molecule has 2 nitrogen and oxygen atoms in total. The van der Waals surface area contributed by atoms with E-state index in [-0.39, 0.29) is 11.6 Å². The summed E-state index contributed by atoms with van der Waals surface area (Å²) in [6.07, 6.45) is 0. The molecule has 0 radical (unpaired) electrons. The summed E-state index contributed by atoms with van der Waals surface area (Å²) in [5.41, 5.74) is 1.45. The fraction of sp³-hybridized carbons (Fsp3) is 0.133. The number of ketones is 1. The van der Waals surface area contributed by atoms with Crippen molar-refractivity contribution >= 4 is 21.7 Å². The van der Waals surface area contributed by atoms with Gasteiger partial charge in [0.05, 0.1) is 11.6 Å². The maximum absolute atomic E-state index is 13.2. The van der Waals surface area contributed by atoms with Gasteiger partial charge < -0.3 is 4.74 Å². The maximum Gasteiger partial charge on any atom is 0.193 e. The van der Waals surface area contributed by atoms with Crippen LogP contribution in [0.2, 0.25) is 0 Å². The fourth-order valence-corrected chi connectivity index (χ4v) is 2.30. The first-order chi connectivity index (χ1) is 9.02. The Hall–Kier alpha value is -1.68.